The Kier molecular flexibility index (Phi) is 5.02. The van der Waals surface area contributed by atoms with E-state index in [1.807, 2.05) is 12.1 Å². The van der Waals surface area contributed by atoms with Crippen molar-refractivity contribution >= 4 is 0 Å². The maximum atomic E-state index is 6.23. The first-order valence-corrected chi connectivity index (χ1v) is 6.89. The van der Waals surface area contributed by atoms with Crippen molar-refractivity contribution in [3.05, 3.63) is 29.8 Å². The molecule has 1 aromatic rings. The molecule has 100 valence electrons. The minimum absolute atomic E-state index is 0.233. The molecule has 0 aliphatic carbocycles. The molecule has 18 heavy (non-hydrogen) atoms. The van der Waals surface area contributed by atoms with Crippen LogP contribution in [-0.4, -0.2) is 37.7 Å². The summed E-state index contributed by atoms with van der Waals surface area (Å²) < 4.78 is 5.16. The van der Waals surface area contributed by atoms with Crippen molar-refractivity contribution in [2.75, 3.05) is 26.7 Å². The van der Waals surface area contributed by atoms with Crippen LogP contribution in [0.15, 0.2) is 24.3 Å². The summed E-state index contributed by atoms with van der Waals surface area (Å²) in [4.78, 5) is 2.50. The van der Waals surface area contributed by atoms with Crippen molar-refractivity contribution in [1.29, 1.82) is 0 Å². The molecule has 1 unspecified atom stereocenters. The molecule has 3 heteroatoms. The van der Waals surface area contributed by atoms with E-state index >= 15 is 0 Å². The second kappa shape index (κ2) is 6.76. The average Bonchev–Trinajstić information content (AvgIpc) is 2.40. The van der Waals surface area contributed by atoms with Gasteiger partial charge in [-0.05, 0) is 50.0 Å². The van der Waals surface area contributed by atoms with Crippen molar-refractivity contribution in [3.63, 3.8) is 0 Å². The number of rotatable bonds is 5. The summed E-state index contributed by atoms with van der Waals surface area (Å²) in [5, 5.41) is 0. The number of nitrogens with two attached hydrogens (primary N) is 1. The Morgan fingerprint density at radius 2 is 1.83 bits per heavy atom. The average molecular weight is 248 g/mol. The molecule has 2 rings (SSSR count). The van der Waals surface area contributed by atoms with Crippen molar-refractivity contribution in [2.24, 2.45) is 5.73 Å². The highest BCUT2D eigenvalue weighted by atomic mass is 16.5. The number of benzene rings is 1. The highest BCUT2D eigenvalue weighted by Crippen LogP contribution is 2.13. The molecule has 0 amide bonds. The Labute approximate surface area is 110 Å². The molecule has 0 spiro atoms. The van der Waals surface area contributed by atoms with Crippen LogP contribution < -0.4 is 10.5 Å². The van der Waals surface area contributed by atoms with E-state index in [0.717, 1.165) is 18.7 Å². The maximum Gasteiger partial charge on any atom is 0.118 e. The maximum absolute atomic E-state index is 6.23. The Morgan fingerprint density at radius 3 is 2.44 bits per heavy atom. The first-order chi connectivity index (χ1) is 8.78. The van der Waals surface area contributed by atoms with Gasteiger partial charge in [-0.2, -0.15) is 0 Å². The van der Waals surface area contributed by atoms with E-state index in [2.05, 4.69) is 17.0 Å². The number of piperidine rings is 1. The van der Waals surface area contributed by atoms with Crippen LogP contribution in [0.4, 0.5) is 0 Å². The summed E-state index contributed by atoms with van der Waals surface area (Å²) >= 11 is 0. The van der Waals surface area contributed by atoms with Crippen molar-refractivity contribution in [2.45, 2.75) is 31.7 Å². The number of likely N-dealkylation sites (tertiary alicyclic amines) is 1. The van der Waals surface area contributed by atoms with Crippen LogP contribution in [0.25, 0.3) is 0 Å². The fraction of sp³-hybridized carbons (Fsp3) is 0.600. The largest absolute Gasteiger partial charge is 0.497 e. The van der Waals surface area contributed by atoms with E-state index in [1.54, 1.807) is 7.11 Å². The number of ether oxygens (including phenoxy) is 1. The number of nitrogens with zero attached hydrogens (tertiary/aromatic N) is 1. The van der Waals surface area contributed by atoms with E-state index in [4.69, 9.17) is 10.5 Å². The summed E-state index contributed by atoms with van der Waals surface area (Å²) in [6.45, 7) is 3.46. The highest BCUT2D eigenvalue weighted by molar-refractivity contribution is 5.27. The number of hydrogen-bond acceptors (Lipinski definition) is 3. The van der Waals surface area contributed by atoms with E-state index in [-0.39, 0.29) is 6.04 Å². The third-order valence-electron chi connectivity index (χ3n) is 3.60. The molecule has 0 bridgehead atoms. The zero-order valence-corrected chi connectivity index (χ0v) is 11.3. The highest BCUT2D eigenvalue weighted by Gasteiger charge is 2.13. The molecule has 1 saturated heterocycles. The van der Waals surface area contributed by atoms with Gasteiger partial charge in [-0.25, -0.2) is 0 Å². The van der Waals surface area contributed by atoms with Gasteiger partial charge in [-0.3, -0.25) is 0 Å². The SMILES string of the molecule is COc1ccc(CC(N)CN2CCCCC2)cc1. The first kappa shape index (κ1) is 13.4. The minimum atomic E-state index is 0.233. The van der Waals surface area contributed by atoms with Crippen LogP contribution in [0.3, 0.4) is 0 Å². The topological polar surface area (TPSA) is 38.5 Å². The molecule has 1 heterocycles. The third kappa shape index (κ3) is 4.00. The molecule has 0 aromatic heterocycles. The molecular formula is C15H24N2O. The summed E-state index contributed by atoms with van der Waals surface area (Å²) in [6, 6.07) is 8.45. The quantitative estimate of drug-likeness (QED) is 0.866. The predicted octanol–water partition coefficient (Wildman–Crippen LogP) is 2.05. The van der Waals surface area contributed by atoms with Gasteiger partial charge in [0.25, 0.3) is 0 Å². The van der Waals surface area contributed by atoms with Gasteiger partial charge in [0.05, 0.1) is 7.11 Å². The Morgan fingerprint density at radius 1 is 1.17 bits per heavy atom. The molecule has 1 aliphatic heterocycles. The molecule has 2 N–H and O–H groups in total. The Balaban J connectivity index is 1.80. The molecule has 3 nitrogen and oxygen atoms in total. The van der Waals surface area contributed by atoms with Gasteiger partial charge in [-0.1, -0.05) is 18.6 Å². The van der Waals surface area contributed by atoms with E-state index in [9.17, 15) is 0 Å². The lowest BCUT2D eigenvalue weighted by molar-refractivity contribution is 0.215. The van der Waals surface area contributed by atoms with Gasteiger partial charge in [-0.15, -0.1) is 0 Å². The standard InChI is InChI=1S/C15H24N2O/c1-18-15-7-5-13(6-8-15)11-14(16)12-17-9-3-2-4-10-17/h5-8,14H,2-4,9-12,16H2,1H3. The Hall–Kier alpha value is -1.06. The zero-order valence-electron chi connectivity index (χ0n) is 11.3. The molecule has 1 aromatic carbocycles. The predicted molar refractivity (Wildman–Crippen MR) is 75.0 cm³/mol. The molecule has 0 radical (unpaired) electrons. The van der Waals surface area contributed by atoms with Gasteiger partial charge in [0, 0.05) is 12.6 Å². The zero-order chi connectivity index (χ0) is 12.8. The fourth-order valence-corrected chi connectivity index (χ4v) is 2.60. The van der Waals surface area contributed by atoms with Gasteiger partial charge in [0.1, 0.15) is 5.75 Å². The lowest BCUT2D eigenvalue weighted by Gasteiger charge is -2.29. The van der Waals surface area contributed by atoms with Gasteiger partial charge < -0.3 is 15.4 Å². The van der Waals surface area contributed by atoms with Crippen LogP contribution in [0.1, 0.15) is 24.8 Å². The number of methoxy groups -OCH3 is 1. The van der Waals surface area contributed by atoms with Crippen molar-refractivity contribution in [1.82, 2.24) is 4.90 Å². The summed E-state index contributed by atoms with van der Waals surface area (Å²) in [7, 11) is 1.69. The lowest BCUT2D eigenvalue weighted by atomic mass is 10.0. The van der Waals surface area contributed by atoms with Crippen molar-refractivity contribution in [3.8, 4) is 5.75 Å². The molecule has 0 saturated carbocycles. The third-order valence-corrected chi connectivity index (χ3v) is 3.60. The van der Waals surface area contributed by atoms with Gasteiger partial charge >= 0.3 is 0 Å². The van der Waals surface area contributed by atoms with Gasteiger partial charge in [0.2, 0.25) is 0 Å². The summed E-state index contributed by atoms with van der Waals surface area (Å²) in [6.07, 6.45) is 4.98. The second-order valence-corrected chi connectivity index (χ2v) is 5.17. The first-order valence-electron chi connectivity index (χ1n) is 6.89. The Bertz CT molecular complexity index is 344. The molecular weight excluding hydrogens is 224 g/mol. The van der Waals surface area contributed by atoms with Crippen LogP contribution in [-0.2, 0) is 6.42 Å². The van der Waals surface area contributed by atoms with E-state index < -0.39 is 0 Å². The molecule has 1 aliphatic rings. The summed E-state index contributed by atoms with van der Waals surface area (Å²) in [5.41, 5.74) is 7.53. The fourth-order valence-electron chi connectivity index (χ4n) is 2.60. The lowest BCUT2D eigenvalue weighted by Crippen LogP contribution is -2.41. The van der Waals surface area contributed by atoms with E-state index in [1.165, 1.54) is 37.9 Å². The minimum Gasteiger partial charge on any atom is -0.497 e. The summed E-state index contributed by atoms with van der Waals surface area (Å²) in [5.74, 6) is 0.906. The monoisotopic (exact) mass is 248 g/mol. The van der Waals surface area contributed by atoms with Crippen LogP contribution in [0, 0.1) is 0 Å². The number of hydrogen-bond donors (Lipinski definition) is 1. The normalized spacial score (nSPS) is 18.6. The smallest absolute Gasteiger partial charge is 0.118 e. The molecule has 1 fully saturated rings. The van der Waals surface area contributed by atoms with E-state index in [0.29, 0.717) is 0 Å². The van der Waals surface area contributed by atoms with Gasteiger partial charge in [0.15, 0.2) is 0 Å². The van der Waals surface area contributed by atoms with Crippen LogP contribution >= 0.6 is 0 Å². The van der Waals surface area contributed by atoms with Crippen LogP contribution in [0.2, 0.25) is 0 Å². The van der Waals surface area contributed by atoms with Crippen LogP contribution in [0.5, 0.6) is 5.75 Å². The molecule has 1 atom stereocenters. The second-order valence-electron chi connectivity index (χ2n) is 5.17. The van der Waals surface area contributed by atoms with Crippen molar-refractivity contribution < 1.29 is 4.74 Å².